The van der Waals surface area contributed by atoms with E-state index < -0.39 is 17.9 Å². The largest absolute Gasteiger partial charge is 0.480 e. The summed E-state index contributed by atoms with van der Waals surface area (Å²) < 4.78 is 1.15. The van der Waals surface area contributed by atoms with Gasteiger partial charge in [0.2, 0.25) is 0 Å². The van der Waals surface area contributed by atoms with E-state index in [9.17, 15) is 14.7 Å². The minimum atomic E-state index is -1.08. The summed E-state index contributed by atoms with van der Waals surface area (Å²) in [5.74, 6) is -1.37. The van der Waals surface area contributed by atoms with Crippen LogP contribution in [0, 0.1) is 5.92 Å². The molecule has 0 aliphatic carbocycles. The number of carboxylic acids is 1. The molecule has 3 aromatic carbocycles. The van der Waals surface area contributed by atoms with Crippen molar-refractivity contribution < 1.29 is 14.7 Å². The number of carbonyl (C=O) groups is 2. The summed E-state index contributed by atoms with van der Waals surface area (Å²) in [6, 6.07) is 18.4. The van der Waals surface area contributed by atoms with Crippen LogP contribution in [0.2, 0.25) is 5.02 Å². The molecule has 1 amide bonds. The van der Waals surface area contributed by atoms with Crippen molar-refractivity contribution in [3.05, 3.63) is 76.8 Å². The van der Waals surface area contributed by atoms with Crippen LogP contribution in [0.1, 0.15) is 49.5 Å². The van der Waals surface area contributed by atoms with Crippen molar-refractivity contribution in [3.8, 4) is 11.1 Å². The molecule has 8 heteroatoms. The van der Waals surface area contributed by atoms with Gasteiger partial charge < -0.3 is 15.7 Å². The van der Waals surface area contributed by atoms with Gasteiger partial charge in [-0.1, -0.05) is 74.9 Å². The van der Waals surface area contributed by atoms with Crippen molar-refractivity contribution in [1.82, 2.24) is 10.3 Å². The van der Waals surface area contributed by atoms with Crippen molar-refractivity contribution in [3.63, 3.8) is 0 Å². The fourth-order valence-electron chi connectivity index (χ4n) is 3.83. The first-order valence-corrected chi connectivity index (χ1v) is 12.9. The number of nitrogens with one attached hydrogen (secondary N) is 2. The summed E-state index contributed by atoms with van der Waals surface area (Å²) in [6.07, 6.45) is 0. The number of hydrogen-bond donors (Lipinski definition) is 3. The van der Waals surface area contributed by atoms with Crippen molar-refractivity contribution in [2.24, 2.45) is 5.92 Å². The zero-order chi connectivity index (χ0) is 26.0. The number of amides is 1. The number of halogens is 1. The Bertz CT molecular complexity index is 1410. The zero-order valence-electron chi connectivity index (χ0n) is 20.5. The topological polar surface area (TPSA) is 91.3 Å². The van der Waals surface area contributed by atoms with E-state index >= 15 is 0 Å². The molecule has 0 saturated heterocycles. The Labute approximate surface area is 219 Å². The average molecular weight is 522 g/mol. The molecule has 1 aromatic heterocycles. The number of aromatic nitrogens is 1. The monoisotopic (exact) mass is 521 g/mol. The number of carboxylic acid groups (broad SMARTS) is 1. The molecule has 0 aliphatic heterocycles. The van der Waals surface area contributed by atoms with E-state index in [-0.39, 0.29) is 16.5 Å². The van der Waals surface area contributed by atoms with Crippen LogP contribution in [0.4, 0.5) is 10.8 Å². The molecule has 4 aromatic rings. The Kier molecular flexibility index (Phi) is 7.62. The highest BCUT2D eigenvalue weighted by atomic mass is 35.5. The maximum absolute atomic E-state index is 12.6. The molecule has 186 valence electrons. The highest BCUT2D eigenvalue weighted by Crippen LogP contribution is 2.32. The van der Waals surface area contributed by atoms with E-state index in [4.69, 9.17) is 11.6 Å². The van der Waals surface area contributed by atoms with E-state index in [1.807, 2.05) is 24.3 Å². The first-order chi connectivity index (χ1) is 17.1. The fraction of sp³-hybridized carbons (Fsp3) is 0.250. The summed E-state index contributed by atoms with van der Waals surface area (Å²) in [6.45, 7) is 7.84. The second-order valence-electron chi connectivity index (χ2n) is 9.33. The number of rotatable bonds is 8. The number of aliphatic carboxylic acids is 1. The summed E-state index contributed by atoms with van der Waals surface area (Å²) in [4.78, 5) is 28.7. The van der Waals surface area contributed by atoms with Gasteiger partial charge in [0.15, 0.2) is 5.13 Å². The molecular formula is C28H28ClN3O3S. The molecule has 0 unspecified atom stereocenters. The molecule has 0 radical (unpaired) electrons. The van der Waals surface area contributed by atoms with Gasteiger partial charge in [-0.05, 0) is 64.9 Å². The molecule has 3 N–H and O–H groups in total. The zero-order valence-corrected chi connectivity index (χ0v) is 22.1. The second-order valence-corrected chi connectivity index (χ2v) is 10.8. The Morgan fingerprint density at radius 1 is 0.944 bits per heavy atom. The number of hydrogen-bond acceptors (Lipinski definition) is 5. The van der Waals surface area contributed by atoms with Gasteiger partial charge in [-0.25, -0.2) is 9.78 Å². The summed E-state index contributed by atoms with van der Waals surface area (Å²) in [5, 5.41) is 16.3. The minimum Gasteiger partial charge on any atom is -0.480 e. The first-order valence-electron chi connectivity index (χ1n) is 11.7. The van der Waals surface area contributed by atoms with Crippen LogP contribution in [0.15, 0.2) is 60.7 Å². The van der Waals surface area contributed by atoms with Crippen LogP contribution in [0.25, 0.3) is 21.3 Å². The Morgan fingerprint density at radius 2 is 1.64 bits per heavy atom. The smallest absolute Gasteiger partial charge is 0.326 e. The number of benzene rings is 3. The summed E-state index contributed by atoms with van der Waals surface area (Å²) >= 11 is 8.02. The lowest BCUT2D eigenvalue weighted by Crippen LogP contribution is -2.44. The number of nitrogens with zero attached hydrogens (tertiary/aromatic N) is 1. The molecule has 0 aliphatic rings. The van der Waals surface area contributed by atoms with E-state index in [1.165, 1.54) is 5.56 Å². The quantitative estimate of drug-likeness (QED) is 0.226. The van der Waals surface area contributed by atoms with Crippen molar-refractivity contribution in [2.45, 2.75) is 39.7 Å². The van der Waals surface area contributed by atoms with Gasteiger partial charge in [-0.15, -0.1) is 0 Å². The van der Waals surface area contributed by atoms with E-state index in [1.54, 1.807) is 43.4 Å². The molecule has 6 nitrogen and oxygen atoms in total. The Balaban J connectivity index is 1.47. The molecule has 1 heterocycles. The summed E-state index contributed by atoms with van der Waals surface area (Å²) in [7, 11) is 0. The molecule has 4 rings (SSSR count). The molecule has 1 atom stereocenters. The van der Waals surface area contributed by atoms with Crippen LogP contribution in [0.3, 0.4) is 0 Å². The highest BCUT2D eigenvalue weighted by molar-refractivity contribution is 7.22. The Hall–Kier alpha value is -3.42. The van der Waals surface area contributed by atoms with Crippen molar-refractivity contribution in [1.29, 1.82) is 0 Å². The van der Waals surface area contributed by atoms with Gasteiger partial charge >= 0.3 is 5.97 Å². The number of carbonyl (C=O) groups excluding carboxylic acids is 1. The highest BCUT2D eigenvalue weighted by Gasteiger charge is 2.25. The van der Waals surface area contributed by atoms with Gasteiger partial charge in [0.05, 0.1) is 20.8 Å². The third kappa shape index (κ3) is 5.69. The van der Waals surface area contributed by atoms with Gasteiger partial charge in [0, 0.05) is 5.69 Å². The van der Waals surface area contributed by atoms with Crippen LogP contribution in [0.5, 0.6) is 0 Å². The van der Waals surface area contributed by atoms with E-state index in [0.717, 1.165) is 32.2 Å². The average Bonchev–Trinajstić information content (AvgIpc) is 3.23. The van der Waals surface area contributed by atoms with Crippen molar-refractivity contribution >= 4 is 55.8 Å². The number of fused-ring (bicyclic) bond motifs is 1. The third-order valence-corrected chi connectivity index (χ3v) is 7.23. The molecule has 0 bridgehead atoms. The van der Waals surface area contributed by atoms with Gasteiger partial charge in [0.1, 0.15) is 6.04 Å². The van der Waals surface area contributed by atoms with E-state index in [2.05, 4.69) is 47.7 Å². The first kappa shape index (κ1) is 25.7. The maximum Gasteiger partial charge on any atom is 0.326 e. The fourth-order valence-corrected chi connectivity index (χ4v) is 5.04. The predicted octanol–water partition coefficient (Wildman–Crippen LogP) is 7.32. The SMILES string of the molecule is CC(C)c1ccc2nc(Nc3ccc(-c4ccc(C(=O)N[C@H](C(=O)O)C(C)C)c(Cl)c4)cc3)sc2c1. The standard InChI is InChI=1S/C28H28ClN3O3S/c1-15(2)18-8-12-23-24(14-18)36-28(31-23)30-20-9-5-17(6-10-20)19-7-11-21(22(29)13-19)26(33)32-25(16(3)4)27(34)35/h5-16,25H,1-4H3,(H,30,31)(H,32,33)(H,34,35)/t25-/m0/s1. The lowest BCUT2D eigenvalue weighted by Gasteiger charge is -2.18. The molecule has 0 fully saturated rings. The van der Waals surface area contributed by atoms with Crippen LogP contribution >= 0.6 is 22.9 Å². The second kappa shape index (κ2) is 10.7. The molecule has 0 spiro atoms. The lowest BCUT2D eigenvalue weighted by molar-refractivity contribution is -0.140. The number of thiazole rings is 1. The van der Waals surface area contributed by atoms with Crippen molar-refractivity contribution in [2.75, 3.05) is 5.32 Å². The molecule has 36 heavy (non-hydrogen) atoms. The van der Waals surface area contributed by atoms with Gasteiger partial charge in [-0.3, -0.25) is 4.79 Å². The van der Waals surface area contributed by atoms with Gasteiger partial charge in [-0.2, -0.15) is 0 Å². The normalized spacial score (nSPS) is 12.2. The van der Waals surface area contributed by atoms with Crippen LogP contribution < -0.4 is 10.6 Å². The Morgan fingerprint density at radius 3 is 2.25 bits per heavy atom. The van der Waals surface area contributed by atoms with E-state index in [0.29, 0.717) is 5.92 Å². The van der Waals surface area contributed by atoms with Gasteiger partial charge in [0.25, 0.3) is 5.91 Å². The van der Waals surface area contributed by atoms with Crippen LogP contribution in [-0.2, 0) is 4.79 Å². The maximum atomic E-state index is 12.6. The minimum absolute atomic E-state index is 0.238. The number of anilines is 2. The predicted molar refractivity (Wildman–Crippen MR) is 148 cm³/mol. The van der Waals surface area contributed by atoms with Crippen LogP contribution in [-0.4, -0.2) is 28.0 Å². The summed E-state index contributed by atoms with van der Waals surface area (Å²) in [5.41, 5.74) is 5.21. The third-order valence-electron chi connectivity index (χ3n) is 5.98. The lowest BCUT2D eigenvalue weighted by atomic mass is 10.0. The molecular weight excluding hydrogens is 494 g/mol. The molecule has 0 saturated carbocycles.